The number of thioether (sulfide) groups is 1. The van der Waals surface area contributed by atoms with E-state index in [4.69, 9.17) is 0 Å². The number of hydrogen-bond acceptors (Lipinski definition) is 6. The molecular weight excluding hydrogens is 344 g/mol. The van der Waals surface area contributed by atoms with Gasteiger partial charge >= 0.3 is 6.03 Å². The average molecular weight is 362 g/mol. The number of amides is 2. The van der Waals surface area contributed by atoms with Crippen molar-refractivity contribution in [1.82, 2.24) is 24.6 Å². The Bertz CT molecular complexity index is 797. The Morgan fingerprint density at radius 1 is 1.38 bits per heavy atom. The minimum atomic E-state index is -0.308. The molecule has 0 unspecified atom stereocenters. The van der Waals surface area contributed by atoms with Crippen molar-refractivity contribution < 1.29 is 4.79 Å². The predicted octanol–water partition coefficient (Wildman–Crippen LogP) is 3.34. The van der Waals surface area contributed by atoms with Crippen LogP contribution in [0.1, 0.15) is 24.1 Å². The number of para-hydroxylation sites is 2. The maximum atomic E-state index is 12.3. The number of rotatable bonds is 6. The molecule has 0 radical (unpaired) electrons. The van der Waals surface area contributed by atoms with E-state index in [9.17, 15) is 4.79 Å². The van der Waals surface area contributed by atoms with Gasteiger partial charge in [0.1, 0.15) is 11.6 Å². The summed E-state index contributed by atoms with van der Waals surface area (Å²) in [6.45, 7) is 1.79. The number of benzene rings is 1. The first kappa shape index (κ1) is 16.7. The number of urea groups is 1. The summed E-state index contributed by atoms with van der Waals surface area (Å²) in [5.74, 6) is 2.32. The van der Waals surface area contributed by atoms with Crippen LogP contribution < -0.4 is 10.6 Å². The second-order valence-corrected chi connectivity index (χ2v) is 6.96. The fraction of sp³-hybridized carbons (Fsp3) is 0.333. The van der Waals surface area contributed by atoms with Crippen molar-refractivity contribution in [1.29, 1.82) is 0 Å². The van der Waals surface area contributed by atoms with Crippen LogP contribution in [0, 0.1) is 6.92 Å². The summed E-state index contributed by atoms with van der Waals surface area (Å²) < 4.78 is 4.05. The molecule has 0 aliphatic rings. The van der Waals surface area contributed by atoms with E-state index in [0.29, 0.717) is 11.0 Å². The van der Waals surface area contributed by atoms with Crippen molar-refractivity contribution in [2.24, 2.45) is 0 Å². The summed E-state index contributed by atoms with van der Waals surface area (Å²) in [5.41, 5.74) is 1.85. The van der Waals surface area contributed by atoms with E-state index < -0.39 is 0 Å². The smallest absolute Gasteiger partial charge is 0.321 e. The lowest BCUT2D eigenvalue weighted by molar-refractivity contribution is 0.248. The van der Waals surface area contributed by atoms with Gasteiger partial charge in [0.2, 0.25) is 5.13 Å². The molecule has 3 N–H and O–H groups in total. The van der Waals surface area contributed by atoms with Crippen LogP contribution in [0.15, 0.2) is 24.3 Å². The molecule has 3 aromatic rings. The fourth-order valence-electron chi connectivity index (χ4n) is 2.29. The first-order valence-corrected chi connectivity index (χ1v) is 9.64. The van der Waals surface area contributed by atoms with Crippen LogP contribution in [0.25, 0.3) is 11.0 Å². The van der Waals surface area contributed by atoms with E-state index >= 15 is 0 Å². The third kappa shape index (κ3) is 4.04. The number of nitrogens with zero attached hydrogens (tertiary/aromatic N) is 3. The largest absolute Gasteiger partial charge is 0.340 e. The normalized spacial score (nSPS) is 12.2. The zero-order chi connectivity index (χ0) is 16.9. The Morgan fingerprint density at radius 2 is 2.21 bits per heavy atom. The lowest BCUT2D eigenvalue weighted by atomic mass is 10.2. The van der Waals surface area contributed by atoms with Crippen molar-refractivity contribution >= 4 is 45.5 Å². The van der Waals surface area contributed by atoms with E-state index in [1.165, 1.54) is 0 Å². The van der Waals surface area contributed by atoms with Gasteiger partial charge in [-0.2, -0.15) is 16.1 Å². The number of fused-ring (bicyclic) bond motifs is 1. The minimum Gasteiger partial charge on any atom is -0.340 e. The molecule has 0 bridgehead atoms. The molecular formula is C15H18N6OS2. The molecule has 0 fully saturated rings. The van der Waals surface area contributed by atoms with E-state index in [1.54, 1.807) is 18.7 Å². The number of anilines is 1. The SMILES string of the molecule is CSCC[C@H](NC(=O)Nc1nc(C)ns1)c1nc2ccccc2[nH]1. The quantitative estimate of drug-likeness (QED) is 0.625. The summed E-state index contributed by atoms with van der Waals surface area (Å²) in [6, 6.07) is 7.32. The van der Waals surface area contributed by atoms with E-state index in [1.807, 2.05) is 30.5 Å². The van der Waals surface area contributed by atoms with Crippen LogP contribution in [0.4, 0.5) is 9.93 Å². The van der Waals surface area contributed by atoms with Crippen molar-refractivity contribution in [2.45, 2.75) is 19.4 Å². The Morgan fingerprint density at radius 3 is 2.92 bits per heavy atom. The van der Waals surface area contributed by atoms with Gasteiger partial charge in [-0.15, -0.1) is 0 Å². The van der Waals surface area contributed by atoms with Gasteiger partial charge in [-0.25, -0.2) is 14.8 Å². The van der Waals surface area contributed by atoms with Crippen LogP contribution in [0.3, 0.4) is 0 Å². The van der Waals surface area contributed by atoms with Gasteiger partial charge in [-0.1, -0.05) is 12.1 Å². The van der Waals surface area contributed by atoms with Crippen LogP contribution in [-0.4, -0.2) is 37.4 Å². The summed E-state index contributed by atoms with van der Waals surface area (Å²) >= 11 is 2.89. The van der Waals surface area contributed by atoms with Crippen LogP contribution in [0.2, 0.25) is 0 Å². The third-order valence-electron chi connectivity index (χ3n) is 3.40. The summed E-state index contributed by atoms with van der Waals surface area (Å²) in [7, 11) is 0. The molecule has 0 aliphatic carbocycles. The van der Waals surface area contributed by atoms with Crippen LogP contribution in [0.5, 0.6) is 0 Å². The number of carbonyl (C=O) groups is 1. The molecule has 0 spiro atoms. The molecule has 9 heteroatoms. The van der Waals surface area contributed by atoms with Crippen molar-refractivity contribution in [3.05, 3.63) is 35.9 Å². The second kappa shape index (κ2) is 7.63. The van der Waals surface area contributed by atoms with Gasteiger partial charge in [0.05, 0.1) is 17.1 Å². The van der Waals surface area contributed by atoms with Gasteiger partial charge in [-0.05, 0) is 37.5 Å². The fourth-order valence-corrected chi connectivity index (χ4v) is 3.33. The number of H-pyrrole nitrogens is 1. The summed E-state index contributed by atoms with van der Waals surface area (Å²) in [6.07, 6.45) is 2.82. The average Bonchev–Trinajstić information content (AvgIpc) is 3.17. The van der Waals surface area contributed by atoms with Gasteiger partial charge in [0.25, 0.3) is 0 Å². The Balaban J connectivity index is 1.74. The zero-order valence-electron chi connectivity index (χ0n) is 13.4. The van der Waals surface area contributed by atoms with Gasteiger partial charge < -0.3 is 10.3 Å². The molecule has 1 atom stereocenters. The number of aromatic amines is 1. The first-order valence-electron chi connectivity index (χ1n) is 7.47. The van der Waals surface area contributed by atoms with Crippen LogP contribution >= 0.6 is 23.3 Å². The Hall–Kier alpha value is -2.13. The molecule has 1 aromatic carbocycles. The number of imidazole rings is 1. The molecule has 0 saturated carbocycles. The highest BCUT2D eigenvalue weighted by Gasteiger charge is 2.19. The summed E-state index contributed by atoms with van der Waals surface area (Å²) in [5, 5.41) is 6.17. The highest BCUT2D eigenvalue weighted by Crippen LogP contribution is 2.20. The third-order valence-corrected chi connectivity index (χ3v) is 4.77. The van der Waals surface area contributed by atoms with Crippen molar-refractivity contribution in [3.63, 3.8) is 0 Å². The second-order valence-electron chi connectivity index (χ2n) is 5.22. The van der Waals surface area contributed by atoms with Gasteiger partial charge in [-0.3, -0.25) is 5.32 Å². The molecule has 0 aliphatic heterocycles. The number of carbonyl (C=O) groups excluding carboxylic acids is 1. The van der Waals surface area contributed by atoms with Gasteiger partial charge in [0, 0.05) is 11.5 Å². The van der Waals surface area contributed by atoms with E-state index in [2.05, 4.69) is 30.0 Å². The monoisotopic (exact) mass is 362 g/mol. The molecule has 126 valence electrons. The molecule has 2 heterocycles. The number of aromatic nitrogens is 4. The molecule has 2 amide bonds. The molecule has 7 nitrogen and oxygen atoms in total. The Labute approximate surface area is 147 Å². The van der Waals surface area contributed by atoms with Crippen molar-refractivity contribution in [2.75, 3.05) is 17.3 Å². The number of hydrogen-bond donors (Lipinski definition) is 3. The predicted molar refractivity (Wildman–Crippen MR) is 98.6 cm³/mol. The topological polar surface area (TPSA) is 95.6 Å². The number of aryl methyl sites for hydroxylation is 1. The first-order chi connectivity index (χ1) is 11.7. The highest BCUT2D eigenvalue weighted by atomic mass is 32.2. The lowest BCUT2D eigenvalue weighted by Gasteiger charge is -2.16. The molecule has 0 saturated heterocycles. The minimum absolute atomic E-state index is 0.195. The molecule has 24 heavy (non-hydrogen) atoms. The van der Waals surface area contributed by atoms with Crippen molar-refractivity contribution in [3.8, 4) is 0 Å². The zero-order valence-corrected chi connectivity index (χ0v) is 15.0. The number of nitrogens with one attached hydrogen (secondary N) is 3. The summed E-state index contributed by atoms with van der Waals surface area (Å²) in [4.78, 5) is 24.3. The van der Waals surface area contributed by atoms with Gasteiger partial charge in [0.15, 0.2) is 0 Å². The standard InChI is InChI=1S/C15H18N6OS2/c1-9-16-15(24-21-9)20-14(22)19-12(7-8-23-2)13-17-10-5-3-4-6-11(10)18-13/h3-6,12H,7-8H2,1-2H3,(H,17,18)(H2,16,19,20,21,22)/t12-/m0/s1. The maximum Gasteiger partial charge on any atom is 0.321 e. The molecule has 2 aromatic heterocycles. The maximum absolute atomic E-state index is 12.3. The van der Waals surface area contributed by atoms with E-state index in [0.717, 1.165) is 40.6 Å². The Kier molecular flexibility index (Phi) is 5.31. The molecule has 3 rings (SSSR count). The lowest BCUT2D eigenvalue weighted by Crippen LogP contribution is -2.33. The van der Waals surface area contributed by atoms with Crippen LogP contribution in [-0.2, 0) is 0 Å². The highest BCUT2D eigenvalue weighted by molar-refractivity contribution is 7.98. The van der Waals surface area contributed by atoms with E-state index in [-0.39, 0.29) is 12.1 Å².